The quantitative estimate of drug-likeness (QED) is 0.405. The summed E-state index contributed by atoms with van der Waals surface area (Å²) < 4.78 is 14.0. The molecular formula is C28H26N2O5. The SMILES string of the molecule is O=c1ccn(C2OC(COC(c3ccccc3)(c3ccccc3)c3ccccc3)CC2O)c(=O)[nH]1. The molecule has 35 heavy (non-hydrogen) atoms. The van der Waals surface area contributed by atoms with Crippen molar-refractivity contribution >= 4 is 0 Å². The topological polar surface area (TPSA) is 93.5 Å². The van der Waals surface area contributed by atoms with Gasteiger partial charge in [-0.25, -0.2) is 4.79 Å². The van der Waals surface area contributed by atoms with Crippen LogP contribution in [-0.4, -0.2) is 33.5 Å². The van der Waals surface area contributed by atoms with Gasteiger partial charge in [0.05, 0.1) is 12.7 Å². The predicted octanol–water partition coefficient (Wildman–Crippen LogP) is 3.19. The Balaban J connectivity index is 1.49. The number of nitrogens with one attached hydrogen (secondary N) is 1. The monoisotopic (exact) mass is 470 g/mol. The molecule has 2 heterocycles. The molecule has 1 fully saturated rings. The highest BCUT2D eigenvalue weighted by Gasteiger charge is 2.41. The van der Waals surface area contributed by atoms with Gasteiger partial charge in [-0.3, -0.25) is 14.3 Å². The molecule has 0 radical (unpaired) electrons. The van der Waals surface area contributed by atoms with Crippen LogP contribution in [0.2, 0.25) is 0 Å². The van der Waals surface area contributed by atoms with Gasteiger partial charge in [0.15, 0.2) is 6.23 Å². The van der Waals surface area contributed by atoms with Gasteiger partial charge in [0.2, 0.25) is 0 Å². The normalized spacial score (nSPS) is 20.1. The number of hydrogen-bond donors (Lipinski definition) is 2. The first-order valence-corrected chi connectivity index (χ1v) is 11.5. The molecule has 3 aromatic carbocycles. The zero-order chi connectivity index (χ0) is 24.3. The maximum atomic E-state index is 12.2. The molecule has 0 spiro atoms. The molecule has 1 aliphatic heterocycles. The van der Waals surface area contributed by atoms with Crippen LogP contribution in [-0.2, 0) is 15.1 Å². The molecule has 5 rings (SSSR count). The lowest BCUT2D eigenvalue weighted by atomic mass is 9.80. The van der Waals surface area contributed by atoms with Crippen molar-refractivity contribution in [2.45, 2.75) is 30.5 Å². The van der Waals surface area contributed by atoms with Crippen molar-refractivity contribution in [3.8, 4) is 0 Å². The van der Waals surface area contributed by atoms with E-state index in [4.69, 9.17) is 9.47 Å². The number of benzene rings is 3. The van der Waals surface area contributed by atoms with Crippen LogP contribution < -0.4 is 11.2 Å². The van der Waals surface area contributed by atoms with Crippen molar-refractivity contribution < 1.29 is 14.6 Å². The number of aromatic nitrogens is 2. The van der Waals surface area contributed by atoms with Crippen molar-refractivity contribution in [2.75, 3.05) is 6.61 Å². The Morgan fingerprint density at radius 2 is 1.37 bits per heavy atom. The lowest BCUT2D eigenvalue weighted by Gasteiger charge is -2.36. The van der Waals surface area contributed by atoms with Gasteiger partial charge in [0, 0.05) is 18.7 Å². The predicted molar refractivity (Wildman–Crippen MR) is 131 cm³/mol. The molecule has 1 aromatic heterocycles. The summed E-state index contributed by atoms with van der Waals surface area (Å²) in [5, 5.41) is 10.7. The third-order valence-electron chi connectivity index (χ3n) is 6.32. The molecule has 1 aliphatic rings. The number of aromatic amines is 1. The highest BCUT2D eigenvalue weighted by atomic mass is 16.6. The molecule has 2 N–H and O–H groups in total. The molecule has 178 valence electrons. The Kier molecular flexibility index (Phi) is 6.46. The van der Waals surface area contributed by atoms with Gasteiger partial charge in [-0.1, -0.05) is 91.0 Å². The minimum Gasteiger partial charge on any atom is -0.388 e. The zero-order valence-electron chi connectivity index (χ0n) is 19.0. The molecule has 7 nitrogen and oxygen atoms in total. The number of ether oxygens (including phenoxy) is 2. The second kappa shape index (κ2) is 9.84. The van der Waals surface area contributed by atoms with Gasteiger partial charge in [-0.15, -0.1) is 0 Å². The minimum absolute atomic E-state index is 0.171. The Bertz CT molecular complexity index is 1270. The Morgan fingerprint density at radius 1 is 0.857 bits per heavy atom. The van der Waals surface area contributed by atoms with Gasteiger partial charge in [0.25, 0.3) is 5.56 Å². The summed E-state index contributed by atoms with van der Waals surface area (Å²) in [6.45, 7) is 0.171. The van der Waals surface area contributed by atoms with Crippen molar-refractivity contribution in [1.29, 1.82) is 0 Å². The zero-order valence-corrected chi connectivity index (χ0v) is 19.0. The van der Waals surface area contributed by atoms with Crippen LogP contribution >= 0.6 is 0 Å². The van der Waals surface area contributed by atoms with Crippen molar-refractivity contribution in [3.63, 3.8) is 0 Å². The first-order chi connectivity index (χ1) is 17.1. The van der Waals surface area contributed by atoms with E-state index in [2.05, 4.69) is 4.98 Å². The van der Waals surface area contributed by atoms with E-state index in [1.54, 1.807) is 0 Å². The highest BCUT2D eigenvalue weighted by molar-refractivity contribution is 5.47. The fraction of sp³-hybridized carbons (Fsp3) is 0.214. The van der Waals surface area contributed by atoms with Crippen LogP contribution in [0.1, 0.15) is 29.3 Å². The number of rotatable bonds is 7. The van der Waals surface area contributed by atoms with E-state index >= 15 is 0 Å². The van der Waals surface area contributed by atoms with Crippen LogP contribution in [0.5, 0.6) is 0 Å². The number of nitrogens with zero attached hydrogens (tertiary/aromatic N) is 1. The van der Waals surface area contributed by atoms with Crippen molar-refractivity contribution in [3.05, 3.63) is 141 Å². The molecule has 0 amide bonds. The van der Waals surface area contributed by atoms with E-state index in [9.17, 15) is 14.7 Å². The van der Waals surface area contributed by atoms with E-state index < -0.39 is 35.3 Å². The number of aliphatic hydroxyl groups excluding tert-OH is 1. The average Bonchev–Trinajstić information content (AvgIpc) is 3.26. The lowest BCUT2D eigenvalue weighted by molar-refractivity contribution is -0.0875. The van der Waals surface area contributed by atoms with Crippen molar-refractivity contribution in [1.82, 2.24) is 9.55 Å². The highest BCUT2D eigenvalue weighted by Crippen LogP contribution is 2.41. The molecule has 7 heteroatoms. The molecule has 1 saturated heterocycles. The smallest absolute Gasteiger partial charge is 0.330 e. The van der Waals surface area contributed by atoms with Gasteiger partial charge in [-0.2, -0.15) is 0 Å². The molecule has 0 bridgehead atoms. The fourth-order valence-corrected chi connectivity index (χ4v) is 4.70. The molecule has 3 unspecified atom stereocenters. The first-order valence-electron chi connectivity index (χ1n) is 11.5. The maximum absolute atomic E-state index is 12.2. The molecule has 0 saturated carbocycles. The van der Waals surface area contributed by atoms with Gasteiger partial charge in [0.1, 0.15) is 11.7 Å². The van der Waals surface area contributed by atoms with E-state index in [0.29, 0.717) is 0 Å². The largest absolute Gasteiger partial charge is 0.388 e. The summed E-state index contributed by atoms with van der Waals surface area (Å²) in [6, 6.07) is 31.2. The fourth-order valence-electron chi connectivity index (χ4n) is 4.70. The minimum atomic E-state index is -0.924. The van der Waals surface area contributed by atoms with Crippen LogP contribution in [0.4, 0.5) is 0 Å². The number of aliphatic hydroxyl groups is 1. The summed E-state index contributed by atoms with van der Waals surface area (Å²) in [5.74, 6) is 0. The van der Waals surface area contributed by atoms with E-state index in [1.807, 2.05) is 91.0 Å². The van der Waals surface area contributed by atoms with Crippen LogP contribution in [0.3, 0.4) is 0 Å². The number of H-pyrrole nitrogens is 1. The Morgan fingerprint density at radius 3 is 1.86 bits per heavy atom. The summed E-state index contributed by atoms with van der Waals surface area (Å²) in [6.07, 6.45) is -0.686. The molecule has 0 aliphatic carbocycles. The van der Waals surface area contributed by atoms with Crippen molar-refractivity contribution in [2.24, 2.45) is 0 Å². The van der Waals surface area contributed by atoms with Crippen LogP contribution in [0, 0.1) is 0 Å². The van der Waals surface area contributed by atoms with Gasteiger partial charge < -0.3 is 14.6 Å². The average molecular weight is 471 g/mol. The summed E-state index contributed by atoms with van der Waals surface area (Å²) in [7, 11) is 0. The molecule has 3 atom stereocenters. The summed E-state index contributed by atoms with van der Waals surface area (Å²) in [5.41, 5.74) is 0.843. The van der Waals surface area contributed by atoms with Gasteiger partial charge >= 0.3 is 5.69 Å². The standard InChI is InChI=1S/C28H26N2O5/c31-24-18-23(35-26(24)30-17-16-25(32)29-27(30)33)19-34-28(20-10-4-1-5-11-20,21-12-6-2-7-13-21)22-14-8-3-9-15-22/h1-17,23-24,26,31H,18-19H2,(H,29,32,33). The van der Waals surface area contributed by atoms with Crippen LogP contribution in [0.25, 0.3) is 0 Å². The van der Waals surface area contributed by atoms with Crippen LogP contribution in [0.15, 0.2) is 113 Å². The third kappa shape index (κ3) is 4.49. The second-order valence-corrected chi connectivity index (χ2v) is 8.56. The van der Waals surface area contributed by atoms with E-state index in [-0.39, 0.29) is 13.0 Å². The Hall–Kier alpha value is -3.78. The third-order valence-corrected chi connectivity index (χ3v) is 6.32. The molecule has 4 aromatic rings. The summed E-state index contributed by atoms with van der Waals surface area (Å²) >= 11 is 0. The van der Waals surface area contributed by atoms with E-state index in [1.165, 1.54) is 16.8 Å². The van der Waals surface area contributed by atoms with Gasteiger partial charge in [-0.05, 0) is 16.7 Å². The molecular weight excluding hydrogens is 444 g/mol. The number of hydrogen-bond acceptors (Lipinski definition) is 5. The maximum Gasteiger partial charge on any atom is 0.330 e. The lowest BCUT2D eigenvalue weighted by Crippen LogP contribution is -2.36. The van der Waals surface area contributed by atoms with E-state index in [0.717, 1.165) is 16.7 Å². The second-order valence-electron chi connectivity index (χ2n) is 8.56. The summed E-state index contributed by atoms with van der Waals surface area (Å²) in [4.78, 5) is 25.9. The Labute approximate surface area is 202 Å². The first kappa shape index (κ1) is 23.0.